The molecule has 9 heteroatoms. The lowest BCUT2D eigenvalue weighted by atomic mass is 10.1. The summed E-state index contributed by atoms with van der Waals surface area (Å²) in [6.07, 6.45) is 3.01. The topological polar surface area (TPSA) is 111 Å². The highest BCUT2D eigenvalue weighted by Gasteiger charge is 2.19. The van der Waals surface area contributed by atoms with Crippen molar-refractivity contribution in [2.24, 2.45) is 5.92 Å². The molecule has 3 rings (SSSR count). The monoisotopic (exact) mass is 469 g/mol. The van der Waals surface area contributed by atoms with Gasteiger partial charge in [-0.1, -0.05) is 45.4 Å². The van der Waals surface area contributed by atoms with Crippen molar-refractivity contribution in [2.75, 3.05) is 13.7 Å². The molecule has 0 aliphatic rings. The third kappa shape index (κ3) is 5.95. The van der Waals surface area contributed by atoms with Crippen molar-refractivity contribution in [1.82, 2.24) is 24.4 Å². The largest absolute Gasteiger partial charge is 0.496 e. The molecule has 0 saturated heterocycles. The minimum atomic E-state index is -0.444. The van der Waals surface area contributed by atoms with Crippen molar-refractivity contribution in [3.8, 4) is 5.75 Å². The van der Waals surface area contributed by atoms with E-state index in [4.69, 9.17) is 4.74 Å². The number of para-hydroxylation sites is 1. The molecule has 3 aromatic rings. The van der Waals surface area contributed by atoms with E-state index in [-0.39, 0.29) is 18.2 Å². The number of fused-ring (bicyclic) bond motifs is 1. The van der Waals surface area contributed by atoms with E-state index in [1.807, 2.05) is 35.8 Å². The van der Waals surface area contributed by atoms with Crippen LogP contribution < -0.4 is 21.3 Å². The van der Waals surface area contributed by atoms with Crippen LogP contribution in [0.15, 0.2) is 33.9 Å². The van der Waals surface area contributed by atoms with Crippen LogP contribution in [0.4, 0.5) is 0 Å². The van der Waals surface area contributed by atoms with E-state index in [0.717, 1.165) is 24.2 Å². The summed E-state index contributed by atoms with van der Waals surface area (Å²) in [5.41, 5.74) is 0.952. The first-order chi connectivity index (χ1) is 16.3. The van der Waals surface area contributed by atoms with E-state index >= 15 is 0 Å². The number of hydrogen-bond donors (Lipinski definition) is 2. The van der Waals surface area contributed by atoms with Gasteiger partial charge in [-0.25, -0.2) is 9.78 Å². The molecule has 184 valence electrons. The Hall–Kier alpha value is -3.36. The molecular weight excluding hydrogens is 434 g/mol. The van der Waals surface area contributed by atoms with Crippen molar-refractivity contribution in [2.45, 2.75) is 66.0 Å². The van der Waals surface area contributed by atoms with Gasteiger partial charge in [0.1, 0.15) is 11.6 Å². The predicted octanol–water partition coefficient (Wildman–Crippen LogP) is 2.64. The van der Waals surface area contributed by atoms with Crippen molar-refractivity contribution < 1.29 is 9.53 Å². The maximum Gasteiger partial charge on any atom is 0.330 e. The summed E-state index contributed by atoms with van der Waals surface area (Å²) < 4.78 is 8.76. The van der Waals surface area contributed by atoms with Crippen LogP contribution in [-0.2, 0) is 30.7 Å². The van der Waals surface area contributed by atoms with E-state index in [9.17, 15) is 14.4 Å². The Labute approximate surface area is 199 Å². The van der Waals surface area contributed by atoms with Gasteiger partial charge in [-0.15, -0.1) is 0 Å². The number of rotatable bonds is 12. The third-order valence-corrected chi connectivity index (χ3v) is 5.73. The van der Waals surface area contributed by atoms with Gasteiger partial charge in [-0.2, -0.15) is 0 Å². The van der Waals surface area contributed by atoms with Gasteiger partial charge in [0.25, 0.3) is 5.56 Å². The first-order valence-corrected chi connectivity index (χ1v) is 12.0. The van der Waals surface area contributed by atoms with E-state index in [2.05, 4.69) is 29.1 Å². The molecule has 2 heterocycles. The molecule has 9 nitrogen and oxygen atoms in total. The van der Waals surface area contributed by atoms with E-state index in [0.29, 0.717) is 49.5 Å². The van der Waals surface area contributed by atoms with Crippen LogP contribution in [-0.4, -0.2) is 38.7 Å². The highest BCUT2D eigenvalue weighted by molar-refractivity contribution is 5.76. The zero-order valence-electron chi connectivity index (χ0n) is 20.5. The number of H-pyrrole nitrogens is 1. The van der Waals surface area contributed by atoms with Crippen LogP contribution in [0.2, 0.25) is 0 Å². The lowest BCUT2D eigenvalue weighted by molar-refractivity contribution is -0.121. The molecule has 2 N–H and O–H groups in total. The quantitative estimate of drug-likeness (QED) is 0.424. The SMILES string of the molecule is CCCCn1c(=O)[nH]c(=O)c2c1nc(CCC(=O)NCCc1ccccc1OC)n2CC(C)C. The average molecular weight is 470 g/mol. The van der Waals surface area contributed by atoms with Crippen LogP contribution in [0.1, 0.15) is 51.4 Å². The second kappa shape index (κ2) is 11.7. The average Bonchev–Trinajstić information content (AvgIpc) is 3.15. The van der Waals surface area contributed by atoms with Gasteiger partial charge in [-0.3, -0.25) is 19.1 Å². The van der Waals surface area contributed by atoms with Gasteiger partial charge in [-0.05, 0) is 30.4 Å². The first-order valence-electron chi connectivity index (χ1n) is 12.0. The Morgan fingerprint density at radius 3 is 2.65 bits per heavy atom. The molecule has 0 aliphatic carbocycles. The molecule has 1 amide bonds. The first kappa shape index (κ1) is 25.3. The summed E-state index contributed by atoms with van der Waals surface area (Å²) in [7, 11) is 1.63. The number of carbonyl (C=O) groups excluding carboxylic acids is 1. The Balaban J connectivity index is 1.76. The number of imidazole rings is 1. The highest BCUT2D eigenvalue weighted by Crippen LogP contribution is 2.18. The van der Waals surface area contributed by atoms with Crippen LogP contribution in [0.5, 0.6) is 5.75 Å². The van der Waals surface area contributed by atoms with Crippen molar-refractivity contribution in [1.29, 1.82) is 0 Å². The number of benzene rings is 1. The van der Waals surface area contributed by atoms with Crippen molar-refractivity contribution in [3.05, 3.63) is 56.5 Å². The Morgan fingerprint density at radius 2 is 1.94 bits per heavy atom. The molecule has 0 aliphatic heterocycles. The smallest absolute Gasteiger partial charge is 0.330 e. The fourth-order valence-electron chi connectivity index (χ4n) is 4.05. The lowest BCUT2D eigenvalue weighted by Gasteiger charge is -2.12. The predicted molar refractivity (Wildman–Crippen MR) is 132 cm³/mol. The summed E-state index contributed by atoms with van der Waals surface area (Å²) >= 11 is 0. The summed E-state index contributed by atoms with van der Waals surface area (Å²) in [6.45, 7) is 7.73. The van der Waals surface area contributed by atoms with Gasteiger partial charge < -0.3 is 14.6 Å². The Bertz CT molecular complexity index is 1240. The Morgan fingerprint density at radius 1 is 1.18 bits per heavy atom. The number of aromatic nitrogens is 4. The number of ether oxygens (including phenoxy) is 1. The highest BCUT2D eigenvalue weighted by atomic mass is 16.5. The number of amides is 1. The fraction of sp³-hybridized carbons (Fsp3) is 0.520. The molecule has 0 fully saturated rings. The number of methoxy groups -OCH3 is 1. The molecule has 0 atom stereocenters. The summed E-state index contributed by atoms with van der Waals surface area (Å²) in [6, 6.07) is 7.74. The van der Waals surface area contributed by atoms with Crippen LogP contribution in [0.3, 0.4) is 0 Å². The molecule has 0 spiro atoms. The molecule has 0 bridgehead atoms. The minimum absolute atomic E-state index is 0.0877. The van der Waals surface area contributed by atoms with E-state index in [1.165, 1.54) is 4.57 Å². The van der Waals surface area contributed by atoms with Crippen LogP contribution >= 0.6 is 0 Å². The fourth-order valence-corrected chi connectivity index (χ4v) is 4.05. The van der Waals surface area contributed by atoms with Crippen LogP contribution in [0, 0.1) is 5.92 Å². The number of nitrogens with one attached hydrogen (secondary N) is 2. The zero-order chi connectivity index (χ0) is 24.7. The van der Waals surface area contributed by atoms with Gasteiger partial charge >= 0.3 is 5.69 Å². The number of aromatic amines is 1. The number of carbonyl (C=O) groups is 1. The second-order valence-corrected chi connectivity index (χ2v) is 8.88. The molecule has 0 radical (unpaired) electrons. The summed E-state index contributed by atoms with van der Waals surface area (Å²) in [5, 5.41) is 2.95. The normalized spacial score (nSPS) is 11.3. The molecular formula is C25H35N5O4. The summed E-state index contributed by atoms with van der Waals surface area (Å²) in [4.78, 5) is 44.8. The molecule has 34 heavy (non-hydrogen) atoms. The van der Waals surface area contributed by atoms with Crippen molar-refractivity contribution >= 4 is 17.1 Å². The number of unbranched alkanes of at least 4 members (excludes halogenated alkanes) is 1. The van der Waals surface area contributed by atoms with Crippen LogP contribution in [0.25, 0.3) is 11.2 Å². The summed E-state index contributed by atoms with van der Waals surface area (Å²) in [5.74, 6) is 1.63. The minimum Gasteiger partial charge on any atom is -0.496 e. The molecule has 0 unspecified atom stereocenters. The van der Waals surface area contributed by atoms with Crippen molar-refractivity contribution in [3.63, 3.8) is 0 Å². The molecule has 0 saturated carbocycles. The maximum atomic E-state index is 12.7. The van der Waals surface area contributed by atoms with Gasteiger partial charge in [0.2, 0.25) is 5.91 Å². The Kier molecular flexibility index (Phi) is 8.67. The molecule has 1 aromatic carbocycles. The second-order valence-electron chi connectivity index (χ2n) is 8.88. The number of aryl methyl sites for hydroxylation is 2. The van der Waals surface area contributed by atoms with Gasteiger partial charge in [0, 0.05) is 32.5 Å². The van der Waals surface area contributed by atoms with E-state index < -0.39 is 11.2 Å². The number of nitrogens with zero attached hydrogens (tertiary/aromatic N) is 3. The number of hydrogen-bond acceptors (Lipinski definition) is 5. The third-order valence-electron chi connectivity index (χ3n) is 5.73. The van der Waals surface area contributed by atoms with Gasteiger partial charge in [0.05, 0.1) is 7.11 Å². The maximum absolute atomic E-state index is 12.7. The molecule has 2 aromatic heterocycles. The standard InChI is InChI=1S/C25H35N5O4/c1-5-6-15-29-23-22(24(32)28-25(29)33)30(16-17(2)3)20(27-23)11-12-21(31)26-14-13-18-9-7-8-10-19(18)34-4/h7-10,17H,5-6,11-16H2,1-4H3,(H,26,31)(H,28,32,33). The lowest BCUT2D eigenvalue weighted by Crippen LogP contribution is -2.31. The van der Waals surface area contributed by atoms with E-state index in [1.54, 1.807) is 7.11 Å². The van der Waals surface area contributed by atoms with Gasteiger partial charge in [0.15, 0.2) is 11.2 Å². The zero-order valence-corrected chi connectivity index (χ0v) is 20.5.